The van der Waals surface area contributed by atoms with Gasteiger partial charge in [0.05, 0.1) is 11.4 Å². The van der Waals surface area contributed by atoms with Crippen LogP contribution in [0.15, 0.2) is 17.5 Å². The highest BCUT2D eigenvalue weighted by Crippen LogP contribution is 2.37. The first-order chi connectivity index (χ1) is 7.33. The first kappa shape index (κ1) is 9.55. The molecular formula is C12H15NOS. The van der Waals surface area contributed by atoms with Crippen LogP contribution in [0.4, 0.5) is 0 Å². The molecule has 1 aromatic heterocycles. The fourth-order valence-electron chi connectivity index (χ4n) is 2.92. The minimum Gasteiger partial charge on any atom is -0.293 e. The minimum atomic E-state index is 0.303. The number of thiophene rings is 1. The van der Waals surface area contributed by atoms with Crippen LogP contribution in [0.3, 0.4) is 0 Å². The zero-order valence-corrected chi connectivity index (χ0v) is 9.50. The molecule has 3 rings (SSSR count). The molecule has 2 unspecified atom stereocenters. The van der Waals surface area contributed by atoms with Crippen LogP contribution in [0.5, 0.6) is 0 Å². The molecule has 1 aliphatic carbocycles. The normalized spacial score (nSPS) is 29.9. The lowest BCUT2D eigenvalue weighted by molar-refractivity contribution is 0.0909. The fourth-order valence-corrected chi connectivity index (χ4v) is 3.58. The Bertz CT molecular complexity index is 360. The Balaban J connectivity index is 1.64. The van der Waals surface area contributed by atoms with E-state index in [-0.39, 0.29) is 0 Å². The lowest BCUT2D eigenvalue weighted by Crippen LogP contribution is -2.36. The van der Waals surface area contributed by atoms with Gasteiger partial charge < -0.3 is 0 Å². The molecule has 2 atom stereocenters. The van der Waals surface area contributed by atoms with Crippen molar-refractivity contribution in [1.82, 2.24) is 4.90 Å². The van der Waals surface area contributed by atoms with E-state index in [1.165, 1.54) is 19.3 Å². The van der Waals surface area contributed by atoms with Gasteiger partial charge in [0.2, 0.25) is 0 Å². The van der Waals surface area contributed by atoms with E-state index in [0.717, 1.165) is 17.3 Å². The summed E-state index contributed by atoms with van der Waals surface area (Å²) in [6.07, 6.45) is 4.02. The fraction of sp³-hybridized carbons (Fsp3) is 0.583. The first-order valence-corrected chi connectivity index (χ1v) is 6.51. The Labute approximate surface area is 93.9 Å². The second-order valence-electron chi connectivity index (χ2n) is 4.66. The second-order valence-corrected chi connectivity index (χ2v) is 5.61. The molecule has 15 heavy (non-hydrogen) atoms. The number of carbonyl (C=O) groups is 1. The first-order valence-electron chi connectivity index (χ1n) is 5.63. The van der Waals surface area contributed by atoms with Crippen LogP contribution in [0, 0.1) is 5.92 Å². The van der Waals surface area contributed by atoms with Gasteiger partial charge in [0.1, 0.15) is 0 Å². The van der Waals surface area contributed by atoms with E-state index in [1.54, 1.807) is 11.3 Å². The minimum absolute atomic E-state index is 0.303. The van der Waals surface area contributed by atoms with E-state index >= 15 is 0 Å². The number of likely N-dealkylation sites (tertiary alicyclic amines) is 1. The van der Waals surface area contributed by atoms with Crippen molar-refractivity contribution in [2.75, 3.05) is 13.1 Å². The molecular weight excluding hydrogens is 206 g/mol. The Morgan fingerprint density at radius 1 is 1.53 bits per heavy atom. The van der Waals surface area contributed by atoms with Crippen LogP contribution >= 0.6 is 11.3 Å². The molecule has 2 fully saturated rings. The molecule has 2 bridgehead atoms. The lowest BCUT2D eigenvalue weighted by atomic mass is 10.1. The third-order valence-corrected chi connectivity index (χ3v) is 4.58. The number of fused-ring (bicyclic) bond motifs is 2. The Morgan fingerprint density at radius 2 is 2.47 bits per heavy atom. The Hall–Kier alpha value is -0.670. The van der Waals surface area contributed by atoms with E-state index in [9.17, 15) is 4.79 Å². The number of hydrogen-bond donors (Lipinski definition) is 0. The number of Topliss-reactive ketones (excluding diaryl/α,β-unsaturated/α-hetero) is 1. The van der Waals surface area contributed by atoms with Gasteiger partial charge in [-0.2, -0.15) is 0 Å². The lowest BCUT2D eigenvalue weighted by Gasteiger charge is -2.25. The van der Waals surface area contributed by atoms with Crippen molar-refractivity contribution in [1.29, 1.82) is 0 Å². The number of nitrogens with zero attached hydrogens (tertiary/aromatic N) is 1. The zero-order valence-electron chi connectivity index (χ0n) is 8.69. The summed E-state index contributed by atoms with van der Waals surface area (Å²) in [5.74, 6) is 1.18. The van der Waals surface area contributed by atoms with E-state index in [1.807, 2.05) is 17.5 Å². The average molecular weight is 221 g/mol. The van der Waals surface area contributed by atoms with Gasteiger partial charge in [0.25, 0.3) is 0 Å². The molecule has 80 valence electrons. The van der Waals surface area contributed by atoms with Crippen molar-refractivity contribution in [3.05, 3.63) is 22.4 Å². The number of carbonyl (C=O) groups excluding carboxylic acids is 1. The summed E-state index contributed by atoms with van der Waals surface area (Å²) in [6, 6.07) is 4.59. The van der Waals surface area contributed by atoms with Gasteiger partial charge in [0.15, 0.2) is 5.78 Å². The van der Waals surface area contributed by atoms with Crippen LogP contribution in [-0.4, -0.2) is 29.8 Å². The van der Waals surface area contributed by atoms with Gasteiger partial charge in [-0.05, 0) is 36.6 Å². The number of hydrogen-bond acceptors (Lipinski definition) is 3. The molecule has 0 amide bonds. The van der Waals surface area contributed by atoms with Crippen LogP contribution in [-0.2, 0) is 0 Å². The molecule has 1 saturated carbocycles. The number of rotatable bonds is 3. The molecule has 1 aromatic rings. The summed E-state index contributed by atoms with van der Waals surface area (Å²) in [4.78, 5) is 15.2. The Morgan fingerprint density at radius 3 is 3.07 bits per heavy atom. The largest absolute Gasteiger partial charge is 0.293 e. The predicted octanol–water partition coefficient (Wildman–Crippen LogP) is 2.42. The molecule has 1 saturated heterocycles. The summed E-state index contributed by atoms with van der Waals surface area (Å²) in [5, 5.41) is 1.98. The highest BCUT2D eigenvalue weighted by Gasteiger charge is 2.38. The molecule has 3 heteroatoms. The van der Waals surface area contributed by atoms with Gasteiger partial charge in [0, 0.05) is 12.6 Å². The monoisotopic (exact) mass is 221 g/mol. The van der Waals surface area contributed by atoms with E-state index in [2.05, 4.69) is 4.90 Å². The maximum Gasteiger partial charge on any atom is 0.186 e. The molecule has 0 aromatic carbocycles. The maximum atomic E-state index is 11.9. The number of piperidine rings is 1. The molecule has 0 N–H and O–H groups in total. The zero-order chi connectivity index (χ0) is 10.3. The van der Waals surface area contributed by atoms with E-state index < -0.39 is 0 Å². The smallest absolute Gasteiger partial charge is 0.186 e. The van der Waals surface area contributed by atoms with Crippen molar-refractivity contribution in [3.63, 3.8) is 0 Å². The van der Waals surface area contributed by atoms with Gasteiger partial charge in [-0.15, -0.1) is 11.3 Å². The second kappa shape index (κ2) is 3.72. The van der Waals surface area contributed by atoms with Crippen molar-refractivity contribution in [2.24, 2.45) is 5.92 Å². The highest BCUT2D eigenvalue weighted by atomic mass is 32.1. The van der Waals surface area contributed by atoms with Crippen LogP contribution in [0.1, 0.15) is 28.9 Å². The van der Waals surface area contributed by atoms with Crippen LogP contribution < -0.4 is 0 Å². The topological polar surface area (TPSA) is 20.3 Å². The summed E-state index contributed by atoms with van der Waals surface area (Å²) < 4.78 is 0. The van der Waals surface area contributed by atoms with Crippen molar-refractivity contribution < 1.29 is 4.79 Å². The number of ketones is 1. The summed E-state index contributed by atoms with van der Waals surface area (Å²) in [7, 11) is 0. The van der Waals surface area contributed by atoms with Gasteiger partial charge >= 0.3 is 0 Å². The molecule has 1 aliphatic heterocycles. The van der Waals surface area contributed by atoms with Crippen molar-refractivity contribution >= 4 is 17.1 Å². The molecule has 0 radical (unpaired) electrons. The summed E-state index contributed by atoms with van der Waals surface area (Å²) >= 11 is 1.56. The van der Waals surface area contributed by atoms with Gasteiger partial charge in [-0.25, -0.2) is 0 Å². The standard InChI is InChI=1S/C12H15NOS/c14-11(12-2-1-5-15-12)8-13-7-9-3-4-10(13)6-9/h1-2,5,9-10H,3-4,6-8H2. The van der Waals surface area contributed by atoms with Crippen molar-refractivity contribution in [3.8, 4) is 0 Å². The van der Waals surface area contributed by atoms with Crippen molar-refractivity contribution in [2.45, 2.75) is 25.3 Å². The Kier molecular flexibility index (Phi) is 2.37. The molecule has 2 heterocycles. The molecule has 0 spiro atoms. The highest BCUT2D eigenvalue weighted by molar-refractivity contribution is 7.12. The maximum absolute atomic E-state index is 11.9. The van der Waals surface area contributed by atoms with E-state index in [4.69, 9.17) is 0 Å². The summed E-state index contributed by atoms with van der Waals surface area (Å²) in [5.41, 5.74) is 0. The molecule has 2 nitrogen and oxygen atoms in total. The SMILES string of the molecule is O=C(CN1CC2CCC1C2)c1cccs1. The van der Waals surface area contributed by atoms with Crippen LogP contribution in [0.2, 0.25) is 0 Å². The van der Waals surface area contributed by atoms with Gasteiger partial charge in [-0.1, -0.05) is 6.07 Å². The predicted molar refractivity (Wildman–Crippen MR) is 61.4 cm³/mol. The van der Waals surface area contributed by atoms with E-state index in [0.29, 0.717) is 18.4 Å². The quantitative estimate of drug-likeness (QED) is 0.731. The van der Waals surface area contributed by atoms with Gasteiger partial charge in [-0.3, -0.25) is 9.69 Å². The third kappa shape index (κ3) is 1.74. The van der Waals surface area contributed by atoms with Crippen LogP contribution in [0.25, 0.3) is 0 Å². The molecule has 2 aliphatic rings. The average Bonchev–Trinajstić information content (AvgIpc) is 2.95. The summed E-state index contributed by atoms with van der Waals surface area (Å²) in [6.45, 7) is 1.80. The third-order valence-electron chi connectivity index (χ3n) is 3.67.